The minimum Gasteiger partial charge on any atom is -0.356 e. The lowest BCUT2D eigenvalue weighted by Crippen LogP contribution is -2.39. The predicted octanol–water partition coefficient (Wildman–Crippen LogP) is 2.04. The Bertz CT molecular complexity index is 706. The summed E-state index contributed by atoms with van der Waals surface area (Å²) in [5, 5.41) is 5.95. The molecular weight excluding hydrogens is 369 g/mol. The van der Waals surface area contributed by atoms with Crippen molar-refractivity contribution in [2.24, 2.45) is 4.99 Å². The van der Waals surface area contributed by atoms with Gasteiger partial charge in [0, 0.05) is 33.2 Å². The van der Waals surface area contributed by atoms with E-state index in [9.17, 15) is 21.6 Å². The van der Waals surface area contributed by atoms with Gasteiger partial charge in [-0.15, -0.1) is 0 Å². The second kappa shape index (κ2) is 9.77. The summed E-state index contributed by atoms with van der Waals surface area (Å²) in [6.07, 6.45) is -2.63. The van der Waals surface area contributed by atoms with E-state index in [1.54, 1.807) is 20.0 Å². The van der Waals surface area contributed by atoms with Crippen LogP contribution in [0.3, 0.4) is 0 Å². The van der Waals surface area contributed by atoms with Gasteiger partial charge in [-0.1, -0.05) is 19.1 Å². The second-order valence-corrected chi connectivity index (χ2v) is 7.64. The van der Waals surface area contributed by atoms with Crippen LogP contribution in [0.2, 0.25) is 0 Å². The zero-order valence-electron chi connectivity index (χ0n) is 15.1. The fourth-order valence-electron chi connectivity index (χ4n) is 2.28. The number of nitrogens with zero attached hydrogens (tertiary/aromatic N) is 2. The van der Waals surface area contributed by atoms with Gasteiger partial charge in [-0.2, -0.15) is 13.2 Å². The second-order valence-electron chi connectivity index (χ2n) is 5.66. The molecule has 0 heterocycles. The topological polar surface area (TPSA) is 73.8 Å². The van der Waals surface area contributed by atoms with Gasteiger partial charge in [-0.25, -0.2) is 12.7 Å². The van der Waals surface area contributed by atoms with Gasteiger partial charge in [0.25, 0.3) is 0 Å². The van der Waals surface area contributed by atoms with Crippen LogP contribution in [0.5, 0.6) is 0 Å². The number of aliphatic imine (C=N–C) groups is 1. The first-order valence-electron chi connectivity index (χ1n) is 8.13. The van der Waals surface area contributed by atoms with Gasteiger partial charge in [0.2, 0.25) is 10.0 Å². The maximum Gasteiger partial charge on any atom is 0.416 e. The van der Waals surface area contributed by atoms with Crippen LogP contribution in [-0.4, -0.2) is 51.6 Å². The van der Waals surface area contributed by atoms with Crippen LogP contribution in [0.4, 0.5) is 13.2 Å². The summed E-state index contributed by atoms with van der Waals surface area (Å²) in [5.41, 5.74) is -0.211. The molecule has 0 unspecified atom stereocenters. The molecule has 0 amide bonds. The quantitative estimate of drug-likeness (QED) is 0.402. The van der Waals surface area contributed by atoms with E-state index in [1.807, 2.05) is 0 Å². The number of hydrogen-bond acceptors (Lipinski definition) is 3. The zero-order valence-corrected chi connectivity index (χ0v) is 15.9. The number of rotatable bonds is 8. The Balaban J connectivity index is 2.47. The SMILES string of the molecule is CCN(CCCNC(=NC)NCc1cccc(C(F)(F)F)c1)S(C)(=O)=O. The zero-order chi connectivity index (χ0) is 19.8. The molecular formula is C16H25F3N4O2S. The van der Waals surface area contributed by atoms with E-state index in [-0.39, 0.29) is 6.54 Å². The minimum atomic E-state index is -4.37. The van der Waals surface area contributed by atoms with Crippen molar-refractivity contribution in [3.8, 4) is 0 Å². The van der Waals surface area contributed by atoms with Crippen molar-refractivity contribution in [3.63, 3.8) is 0 Å². The molecule has 0 aromatic heterocycles. The van der Waals surface area contributed by atoms with E-state index in [0.717, 1.165) is 12.1 Å². The molecule has 2 N–H and O–H groups in total. The van der Waals surface area contributed by atoms with Crippen molar-refractivity contribution in [2.75, 3.05) is 32.9 Å². The highest BCUT2D eigenvalue weighted by Crippen LogP contribution is 2.29. The molecule has 0 saturated heterocycles. The first-order valence-corrected chi connectivity index (χ1v) is 9.98. The Morgan fingerprint density at radius 1 is 1.27 bits per heavy atom. The van der Waals surface area contributed by atoms with Crippen molar-refractivity contribution in [1.82, 2.24) is 14.9 Å². The van der Waals surface area contributed by atoms with E-state index >= 15 is 0 Å². The Morgan fingerprint density at radius 2 is 1.96 bits per heavy atom. The lowest BCUT2D eigenvalue weighted by Gasteiger charge is -2.18. The maximum atomic E-state index is 12.7. The highest BCUT2D eigenvalue weighted by atomic mass is 32.2. The summed E-state index contributed by atoms with van der Waals surface area (Å²) >= 11 is 0. The normalized spacial score (nSPS) is 13.1. The van der Waals surface area contributed by atoms with Crippen molar-refractivity contribution >= 4 is 16.0 Å². The molecule has 0 aliphatic rings. The number of alkyl halides is 3. The monoisotopic (exact) mass is 394 g/mol. The summed E-state index contributed by atoms with van der Waals surface area (Å²) in [6.45, 7) is 3.22. The molecule has 1 rings (SSSR count). The fraction of sp³-hybridized carbons (Fsp3) is 0.562. The highest BCUT2D eigenvalue weighted by molar-refractivity contribution is 7.88. The molecule has 0 spiro atoms. The average Bonchev–Trinajstić information content (AvgIpc) is 2.55. The third-order valence-electron chi connectivity index (χ3n) is 3.64. The van der Waals surface area contributed by atoms with Gasteiger partial charge in [0.05, 0.1) is 11.8 Å². The molecule has 10 heteroatoms. The number of halogens is 3. The Labute approximate surface area is 152 Å². The molecule has 0 bridgehead atoms. The smallest absolute Gasteiger partial charge is 0.356 e. The number of guanidine groups is 1. The van der Waals surface area contributed by atoms with Gasteiger partial charge >= 0.3 is 6.18 Å². The van der Waals surface area contributed by atoms with Gasteiger partial charge in [0.15, 0.2) is 5.96 Å². The summed E-state index contributed by atoms with van der Waals surface area (Å²) in [5.74, 6) is 0.435. The molecule has 148 valence electrons. The highest BCUT2D eigenvalue weighted by Gasteiger charge is 2.30. The third-order valence-corrected chi connectivity index (χ3v) is 5.02. The number of benzene rings is 1. The van der Waals surface area contributed by atoms with Crippen LogP contribution in [0, 0.1) is 0 Å². The van der Waals surface area contributed by atoms with E-state index in [0.29, 0.717) is 37.6 Å². The van der Waals surface area contributed by atoms with E-state index in [1.165, 1.54) is 16.6 Å². The van der Waals surface area contributed by atoms with Crippen LogP contribution >= 0.6 is 0 Å². The summed E-state index contributed by atoms with van der Waals surface area (Å²) < 4.78 is 62.5. The maximum absolute atomic E-state index is 12.7. The van der Waals surface area contributed by atoms with Gasteiger partial charge in [0.1, 0.15) is 0 Å². The molecule has 1 aromatic carbocycles. The van der Waals surface area contributed by atoms with Gasteiger partial charge in [-0.3, -0.25) is 4.99 Å². The van der Waals surface area contributed by atoms with Crippen LogP contribution in [0.25, 0.3) is 0 Å². The predicted molar refractivity (Wildman–Crippen MR) is 96.4 cm³/mol. The van der Waals surface area contributed by atoms with E-state index in [2.05, 4.69) is 15.6 Å². The Kier molecular flexibility index (Phi) is 8.35. The van der Waals surface area contributed by atoms with Gasteiger partial charge < -0.3 is 10.6 Å². The third kappa shape index (κ3) is 7.61. The van der Waals surface area contributed by atoms with E-state index < -0.39 is 21.8 Å². The summed E-state index contributed by atoms with van der Waals surface area (Å²) in [6, 6.07) is 5.07. The van der Waals surface area contributed by atoms with Crippen molar-refractivity contribution in [3.05, 3.63) is 35.4 Å². The van der Waals surface area contributed by atoms with Crippen molar-refractivity contribution in [2.45, 2.75) is 26.1 Å². The number of nitrogens with one attached hydrogen (secondary N) is 2. The summed E-state index contributed by atoms with van der Waals surface area (Å²) in [4.78, 5) is 4.00. The molecule has 0 aliphatic heterocycles. The Morgan fingerprint density at radius 3 is 2.50 bits per heavy atom. The minimum absolute atomic E-state index is 0.189. The number of sulfonamides is 1. The first kappa shape index (κ1) is 22.2. The molecule has 1 aromatic rings. The van der Waals surface area contributed by atoms with Crippen LogP contribution < -0.4 is 10.6 Å². The fourth-order valence-corrected chi connectivity index (χ4v) is 3.21. The van der Waals surface area contributed by atoms with E-state index in [4.69, 9.17) is 0 Å². The molecule has 6 nitrogen and oxygen atoms in total. The standard InChI is InChI=1S/C16H25F3N4O2S/c1-4-23(26(3,24)25)10-6-9-21-15(20-2)22-12-13-7-5-8-14(11-13)16(17,18)19/h5,7-8,11H,4,6,9-10,12H2,1-3H3,(H2,20,21,22). The van der Waals surface area contributed by atoms with Crippen LogP contribution in [-0.2, 0) is 22.7 Å². The molecule has 0 radical (unpaired) electrons. The number of hydrogen-bond donors (Lipinski definition) is 2. The molecule has 0 fully saturated rings. The lowest BCUT2D eigenvalue weighted by molar-refractivity contribution is -0.137. The van der Waals surface area contributed by atoms with Crippen molar-refractivity contribution in [1.29, 1.82) is 0 Å². The summed E-state index contributed by atoms with van der Waals surface area (Å²) in [7, 11) is -1.66. The first-order chi connectivity index (χ1) is 12.1. The lowest BCUT2D eigenvalue weighted by atomic mass is 10.1. The van der Waals surface area contributed by atoms with Crippen LogP contribution in [0.15, 0.2) is 29.3 Å². The van der Waals surface area contributed by atoms with Crippen LogP contribution in [0.1, 0.15) is 24.5 Å². The largest absolute Gasteiger partial charge is 0.416 e. The molecule has 0 saturated carbocycles. The molecule has 26 heavy (non-hydrogen) atoms. The molecule has 0 atom stereocenters. The van der Waals surface area contributed by atoms with Gasteiger partial charge in [-0.05, 0) is 24.1 Å². The Hall–Kier alpha value is -1.81. The average molecular weight is 394 g/mol. The molecule has 0 aliphatic carbocycles. The van der Waals surface area contributed by atoms with Crippen molar-refractivity contribution < 1.29 is 21.6 Å².